The zero-order chi connectivity index (χ0) is 17.2. The number of hydrogen-bond donors (Lipinski definition) is 1. The van der Waals surface area contributed by atoms with E-state index < -0.39 is 10.0 Å². The summed E-state index contributed by atoms with van der Waals surface area (Å²) in [5, 5.41) is 2.89. The molecule has 128 valence electrons. The van der Waals surface area contributed by atoms with Crippen LogP contribution in [0.3, 0.4) is 0 Å². The second-order valence-electron chi connectivity index (χ2n) is 6.57. The minimum absolute atomic E-state index is 0.0454. The molecule has 0 atom stereocenters. The second kappa shape index (κ2) is 7.01. The summed E-state index contributed by atoms with van der Waals surface area (Å²) in [5.74, 6) is -0.280. The standard InChI is InChI=1S/C17H26N2O3S/c1-12-9-13(2)17(14(3)10-12)18-16(20)11-19(23(4,21)22)15-7-5-6-8-15/h9-10,15H,5-8,11H2,1-4H3,(H,18,20). The van der Waals surface area contributed by atoms with Crippen LogP contribution >= 0.6 is 0 Å². The van der Waals surface area contributed by atoms with Crippen LogP contribution in [0.5, 0.6) is 0 Å². The number of carbonyl (C=O) groups excluding carboxylic acids is 1. The van der Waals surface area contributed by atoms with Crippen LogP contribution in [0.1, 0.15) is 42.4 Å². The maximum atomic E-state index is 12.4. The van der Waals surface area contributed by atoms with E-state index in [9.17, 15) is 13.2 Å². The van der Waals surface area contributed by atoms with Gasteiger partial charge in [0.25, 0.3) is 0 Å². The largest absolute Gasteiger partial charge is 0.324 e. The van der Waals surface area contributed by atoms with Crippen molar-refractivity contribution in [2.75, 3.05) is 18.1 Å². The molecule has 0 heterocycles. The molecule has 1 aromatic rings. The van der Waals surface area contributed by atoms with Gasteiger partial charge in [-0.05, 0) is 44.7 Å². The highest BCUT2D eigenvalue weighted by molar-refractivity contribution is 7.88. The maximum absolute atomic E-state index is 12.4. The Morgan fingerprint density at radius 1 is 1.17 bits per heavy atom. The lowest BCUT2D eigenvalue weighted by atomic mass is 10.1. The van der Waals surface area contributed by atoms with Crippen LogP contribution in [0.4, 0.5) is 5.69 Å². The molecule has 2 rings (SSSR count). The van der Waals surface area contributed by atoms with Crippen molar-refractivity contribution in [1.29, 1.82) is 0 Å². The summed E-state index contributed by atoms with van der Waals surface area (Å²) in [5.41, 5.74) is 3.90. The van der Waals surface area contributed by atoms with Gasteiger partial charge in [0.15, 0.2) is 0 Å². The molecule has 1 aliphatic carbocycles. The molecule has 1 saturated carbocycles. The van der Waals surface area contributed by atoms with E-state index >= 15 is 0 Å². The van der Waals surface area contributed by atoms with Crippen molar-refractivity contribution in [2.24, 2.45) is 0 Å². The molecule has 1 N–H and O–H groups in total. The van der Waals surface area contributed by atoms with Crippen LogP contribution in [-0.2, 0) is 14.8 Å². The Bertz CT molecular complexity index is 669. The molecule has 0 aliphatic heterocycles. The van der Waals surface area contributed by atoms with Crippen molar-refractivity contribution in [2.45, 2.75) is 52.5 Å². The molecule has 0 spiro atoms. The second-order valence-corrected chi connectivity index (χ2v) is 8.50. The van der Waals surface area contributed by atoms with Gasteiger partial charge in [-0.2, -0.15) is 4.31 Å². The summed E-state index contributed by atoms with van der Waals surface area (Å²) in [6.45, 7) is 5.79. The molecule has 0 radical (unpaired) electrons. The monoisotopic (exact) mass is 338 g/mol. The number of carbonyl (C=O) groups is 1. The first-order chi connectivity index (χ1) is 10.7. The van der Waals surface area contributed by atoms with Crippen molar-refractivity contribution in [3.63, 3.8) is 0 Å². The van der Waals surface area contributed by atoms with Crippen molar-refractivity contribution in [3.05, 3.63) is 28.8 Å². The quantitative estimate of drug-likeness (QED) is 0.898. The average molecular weight is 338 g/mol. The highest BCUT2D eigenvalue weighted by Gasteiger charge is 2.31. The number of anilines is 1. The Labute approximate surface area is 139 Å². The Kier molecular flexibility index (Phi) is 5.47. The van der Waals surface area contributed by atoms with Crippen LogP contribution in [0.2, 0.25) is 0 Å². The molecule has 23 heavy (non-hydrogen) atoms. The predicted molar refractivity (Wildman–Crippen MR) is 93.1 cm³/mol. The van der Waals surface area contributed by atoms with E-state index in [0.29, 0.717) is 0 Å². The highest BCUT2D eigenvalue weighted by atomic mass is 32.2. The fourth-order valence-corrected chi connectivity index (χ4v) is 4.51. The predicted octanol–water partition coefficient (Wildman–Crippen LogP) is 2.75. The molecule has 5 nitrogen and oxygen atoms in total. The smallest absolute Gasteiger partial charge is 0.239 e. The van der Waals surface area contributed by atoms with Gasteiger partial charge in [0.2, 0.25) is 15.9 Å². The van der Waals surface area contributed by atoms with Gasteiger partial charge in [-0.1, -0.05) is 30.5 Å². The third-order valence-corrected chi connectivity index (χ3v) is 5.68. The van der Waals surface area contributed by atoms with Gasteiger partial charge in [0.05, 0.1) is 12.8 Å². The first kappa shape index (κ1) is 17.9. The summed E-state index contributed by atoms with van der Waals surface area (Å²) in [6, 6.07) is 3.97. The maximum Gasteiger partial charge on any atom is 0.239 e. The molecule has 1 aromatic carbocycles. The van der Waals surface area contributed by atoms with Crippen LogP contribution in [-0.4, -0.2) is 37.5 Å². The third kappa shape index (κ3) is 4.54. The minimum Gasteiger partial charge on any atom is -0.324 e. The number of nitrogens with one attached hydrogen (secondary N) is 1. The van der Waals surface area contributed by atoms with E-state index in [-0.39, 0.29) is 18.5 Å². The topological polar surface area (TPSA) is 66.5 Å². The van der Waals surface area contributed by atoms with Crippen LogP contribution < -0.4 is 5.32 Å². The van der Waals surface area contributed by atoms with Gasteiger partial charge >= 0.3 is 0 Å². The number of benzene rings is 1. The molecule has 6 heteroatoms. The van der Waals surface area contributed by atoms with E-state index in [1.807, 2.05) is 32.9 Å². The van der Waals surface area contributed by atoms with Crippen molar-refractivity contribution in [1.82, 2.24) is 4.31 Å². The normalized spacial score (nSPS) is 16.0. The van der Waals surface area contributed by atoms with E-state index in [0.717, 1.165) is 48.1 Å². The number of nitrogens with zero attached hydrogens (tertiary/aromatic N) is 1. The van der Waals surface area contributed by atoms with E-state index in [2.05, 4.69) is 5.32 Å². The van der Waals surface area contributed by atoms with Gasteiger partial charge < -0.3 is 5.32 Å². The van der Waals surface area contributed by atoms with Crippen molar-refractivity contribution in [3.8, 4) is 0 Å². The third-order valence-electron chi connectivity index (χ3n) is 4.40. The highest BCUT2D eigenvalue weighted by Crippen LogP contribution is 2.26. The van der Waals surface area contributed by atoms with Gasteiger partial charge in [-0.25, -0.2) is 8.42 Å². The Morgan fingerprint density at radius 2 is 1.70 bits per heavy atom. The minimum atomic E-state index is -3.39. The van der Waals surface area contributed by atoms with Gasteiger partial charge in [0.1, 0.15) is 0 Å². The van der Waals surface area contributed by atoms with Crippen LogP contribution in [0, 0.1) is 20.8 Å². The number of aryl methyl sites for hydroxylation is 3. The van der Waals surface area contributed by atoms with Crippen LogP contribution in [0.25, 0.3) is 0 Å². The Balaban J connectivity index is 2.14. The van der Waals surface area contributed by atoms with Crippen LogP contribution in [0.15, 0.2) is 12.1 Å². The molecule has 1 fully saturated rings. The molecule has 0 aromatic heterocycles. The Hall–Kier alpha value is -1.40. The lowest BCUT2D eigenvalue weighted by Gasteiger charge is -2.26. The summed E-state index contributed by atoms with van der Waals surface area (Å²) >= 11 is 0. The number of hydrogen-bond acceptors (Lipinski definition) is 3. The molecule has 1 aliphatic rings. The lowest BCUT2D eigenvalue weighted by Crippen LogP contribution is -2.43. The van der Waals surface area contributed by atoms with Gasteiger partial charge in [0, 0.05) is 11.7 Å². The van der Waals surface area contributed by atoms with E-state index in [4.69, 9.17) is 0 Å². The average Bonchev–Trinajstić information content (AvgIpc) is 2.92. The lowest BCUT2D eigenvalue weighted by molar-refractivity contribution is -0.116. The zero-order valence-corrected chi connectivity index (χ0v) is 15.2. The first-order valence-corrected chi connectivity index (χ1v) is 9.88. The number of amides is 1. The first-order valence-electron chi connectivity index (χ1n) is 8.03. The summed E-state index contributed by atoms with van der Waals surface area (Å²) < 4.78 is 25.4. The fraction of sp³-hybridized carbons (Fsp3) is 0.588. The van der Waals surface area contributed by atoms with Crippen molar-refractivity contribution < 1.29 is 13.2 Å². The number of rotatable bonds is 5. The Morgan fingerprint density at radius 3 is 2.17 bits per heavy atom. The van der Waals surface area contributed by atoms with Crippen molar-refractivity contribution >= 4 is 21.6 Å². The number of sulfonamides is 1. The van der Waals surface area contributed by atoms with E-state index in [1.165, 1.54) is 10.6 Å². The fourth-order valence-electron chi connectivity index (χ4n) is 3.41. The summed E-state index contributed by atoms with van der Waals surface area (Å²) in [4.78, 5) is 12.4. The molecular weight excluding hydrogens is 312 g/mol. The summed E-state index contributed by atoms with van der Waals surface area (Å²) in [7, 11) is -3.39. The SMILES string of the molecule is Cc1cc(C)c(NC(=O)CN(C2CCCC2)S(C)(=O)=O)c(C)c1. The van der Waals surface area contributed by atoms with Gasteiger partial charge in [-0.15, -0.1) is 0 Å². The van der Waals surface area contributed by atoms with E-state index in [1.54, 1.807) is 0 Å². The molecule has 0 saturated heterocycles. The summed E-state index contributed by atoms with van der Waals surface area (Å²) in [6.07, 6.45) is 4.90. The molecular formula is C17H26N2O3S. The molecule has 0 bridgehead atoms. The molecule has 1 amide bonds. The van der Waals surface area contributed by atoms with Gasteiger partial charge in [-0.3, -0.25) is 4.79 Å². The zero-order valence-electron chi connectivity index (χ0n) is 14.3. The molecule has 0 unspecified atom stereocenters.